The third-order valence-corrected chi connectivity index (χ3v) is 26.8. The highest BCUT2D eigenvalue weighted by Gasteiger charge is 2.20. The smallest absolute Gasteiger partial charge is 0.306 e. The van der Waals surface area contributed by atoms with Crippen LogP contribution in [0.2, 0.25) is 0 Å². The molecule has 0 aromatic rings. The molecule has 0 aromatic heterocycles. The number of esters is 3. The lowest BCUT2D eigenvalue weighted by atomic mass is 10.0. The first-order valence-electron chi connectivity index (χ1n) is 61.1. The van der Waals surface area contributed by atoms with E-state index in [1.54, 1.807) is 0 Å². The van der Waals surface area contributed by atoms with Crippen molar-refractivity contribution in [3.8, 4) is 0 Å². The lowest BCUT2D eigenvalue weighted by Gasteiger charge is -2.18. The van der Waals surface area contributed by atoms with Crippen molar-refractivity contribution in [1.82, 2.24) is 0 Å². The summed E-state index contributed by atoms with van der Waals surface area (Å²) in [7, 11) is 0. The minimum Gasteiger partial charge on any atom is -0.481 e. The summed E-state index contributed by atoms with van der Waals surface area (Å²) in [5, 5.41) is 34.0. The highest BCUT2D eigenvalue weighted by atomic mass is 16.6. The average Bonchev–Trinajstić information content (AvgIpc) is 0.939. The number of carbonyl (C=O) groups is 7. The molecule has 1 atom stereocenters. The monoisotopic (exact) mass is 1960 g/mol. The maximum atomic E-state index is 12.8. The van der Waals surface area contributed by atoms with Gasteiger partial charge in [-0.05, 0) is 103 Å². The number of carboxylic acid groups (broad SMARTS) is 4. The maximum absolute atomic E-state index is 12.8. The summed E-state index contributed by atoms with van der Waals surface area (Å²) < 4.78 is 16.8. The van der Waals surface area contributed by atoms with Gasteiger partial charge in [-0.15, -0.1) is 0 Å². The SMILES string of the molecule is CC/C=C\C/C=C\C/C=C\CCCCCCCC(=O)OCC(COC(=O)CCCCCCCCCCCCCCC)OC(=O)CCCCCCC/C=C\CCCCCCCC.CCCCCCCCCCCCCCCC(=O)O.CCCCCCCCCCCCCCCCCC(=O)O.CCCCCCCCCCCCCCCCCC(=O)O.CCCCCCCCCCCCCCCCCC(=O)O. The molecule has 0 bridgehead atoms. The average molecular weight is 1970 g/mol. The van der Waals surface area contributed by atoms with Gasteiger partial charge in [0.05, 0.1) is 0 Å². The first-order valence-corrected chi connectivity index (χ1v) is 61.1. The third kappa shape index (κ3) is 149. The highest BCUT2D eigenvalue weighted by molar-refractivity contribution is 5.71. The zero-order valence-corrected chi connectivity index (χ0v) is 93.7. The molecular formula is C125H238O14. The van der Waals surface area contributed by atoms with Crippen molar-refractivity contribution in [3.63, 3.8) is 0 Å². The summed E-state index contributed by atoms with van der Waals surface area (Å²) in [5.74, 6) is -3.51. The van der Waals surface area contributed by atoms with Crippen LogP contribution in [0.1, 0.15) is 691 Å². The van der Waals surface area contributed by atoms with Crippen LogP contribution in [0.5, 0.6) is 0 Å². The molecule has 1 unspecified atom stereocenters. The Morgan fingerprint density at radius 3 is 0.496 bits per heavy atom. The van der Waals surface area contributed by atoms with Gasteiger partial charge in [0.25, 0.3) is 0 Å². The first kappa shape index (κ1) is 143. The van der Waals surface area contributed by atoms with Crippen molar-refractivity contribution in [3.05, 3.63) is 48.6 Å². The fourth-order valence-corrected chi connectivity index (χ4v) is 17.6. The van der Waals surface area contributed by atoms with Crippen LogP contribution < -0.4 is 0 Å². The summed E-state index contributed by atoms with van der Waals surface area (Å²) >= 11 is 0. The molecule has 4 N–H and O–H groups in total. The lowest BCUT2D eigenvalue weighted by Crippen LogP contribution is -2.30. The molecule has 14 nitrogen and oxygen atoms in total. The molecule has 0 spiro atoms. The van der Waals surface area contributed by atoms with Gasteiger partial charge in [-0.25, -0.2) is 0 Å². The van der Waals surface area contributed by atoms with Gasteiger partial charge >= 0.3 is 41.8 Å². The molecule has 0 amide bonds. The molecule has 14 heteroatoms. The third-order valence-electron chi connectivity index (χ3n) is 26.8. The van der Waals surface area contributed by atoms with Gasteiger partial charge in [-0.3, -0.25) is 33.6 Å². The molecule has 0 fully saturated rings. The van der Waals surface area contributed by atoms with Crippen LogP contribution in [0.4, 0.5) is 0 Å². The minimum atomic E-state index is -0.781. The summed E-state index contributed by atoms with van der Waals surface area (Å²) in [6.07, 6.45) is 137. The van der Waals surface area contributed by atoms with Gasteiger partial charge in [-0.1, -0.05) is 591 Å². The molecule has 0 aliphatic heterocycles. The molecule has 139 heavy (non-hydrogen) atoms. The Labute approximate surface area is 863 Å². The number of aliphatic carboxylic acids is 4. The van der Waals surface area contributed by atoms with Crippen LogP contribution >= 0.6 is 0 Å². The van der Waals surface area contributed by atoms with E-state index in [1.807, 2.05) is 0 Å². The fraction of sp³-hybridized carbons (Fsp3) is 0.880. The summed E-state index contributed by atoms with van der Waals surface area (Å²) in [6.45, 7) is 15.6. The number of rotatable bonds is 109. The van der Waals surface area contributed by atoms with Gasteiger partial charge in [0, 0.05) is 44.9 Å². The Morgan fingerprint density at radius 1 is 0.173 bits per heavy atom. The van der Waals surface area contributed by atoms with E-state index in [2.05, 4.69) is 97.1 Å². The zero-order valence-electron chi connectivity index (χ0n) is 93.7. The molecule has 0 heterocycles. The predicted molar refractivity (Wildman–Crippen MR) is 600 cm³/mol. The number of hydrogen-bond donors (Lipinski definition) is 4. The number of allylic oxidation sites excluding steroid dienone is 8. The van der Waals surface area contributed by atoms with Crippen molar-refractivity contribution in [1.29, 1.82) is 0 Å². The molecule has 0 saturated carbocycles. The second kappa shape index (κ2) is 133. The summed E-state index contributed by atoms with van der Waals surface area (Å²) in [6, 6.07) is 0. The first-order chi connectivity index (χ1) is 68.1. The number of carbonyl (C=O) groups excluding carboxylic acids is 3. The predicted octanol–water partition coefficient (Wildman–Crippen LogP) is 41.6. The van der Waals surface area contributed by atoms with E-state index >= 15 is 0 Å². The van der Waals surface area contributed by atoms with Crippen molar-refractivity contribution < 1.29 is 68.2 Å². The topological polar surface area (TPSA) is 228 Å². The summed E-state index contributed by atoms with van der Waals surface area (Å²) in [5.41, 5.74) is 0. The Hall–Kier alpha value is -4.75. The van der Waals surface area contributed by atoms with Gasteiger partial charge in [0.15, 0.2) is 6.10 Å². The largest absolute Gasteiger partial charge is 0.481 e. The lowest BCUT2D eigenvalue weighted by molar-refractivity contribution is -0.167. The Bertz CT molecular complexity index is 2440. The van der Waals surface area contributed by atoms with Crippen molar-refractivity contribution in [2.24, 2.45) is 0 Å². The van der Waals surface area contributed by atoms with E-state index in [0.29, 0.717) is 44.9 Å². The fourth-order valence-electron chi connectivity index (χ4n) is 17.6. The Morgan fingerprint density at radius 2 is 0.317 bits per heavy atom. The quantitative estimate of drug-likeness (QED) is 0.0192. The van der Waals surface area contributed by atoms with E-state index in [-0.39, 0.29) is 31.1 Å². The van der Waals surface area contributed by atoms with Gasteiger partial charge < -0.3 is 34.6 Å². The number of unbranched alkanes of at least 4 members (excludes halogenated alkanes) is 82. The molecule has 0 saturated heterocycles. The van der Waals surface area contributed by atoms with E-state index in [9.17, 15) is 33.6 Å². The zero-order chi connectivity index (χ0) is 103. The number of ether oxygens (including phenoxy) is 3. The highest BCUT2D eigenvalue weighted by Crippen LogP contribution is 2.22. The Balaban J connectivity index is -0.000000620. The normalized spacial score (nSPS) is 11.5. The maximum Gasteiger partial charge on any atom is 0.306 e. The molecule has 0 aliphatic carbocycles. The van der Waals surface area contributed by atoms with Crippen LogP contribution in [-0.4, -0.2) is 81.5 Å². The van der Waals surface area contributed by atoms with Gasteiger partial charge in [-0.2, -0.15) is 0 Å². The molecule has 0 rings (SSSR count). The van der Waals surface area contributed by atoms with Crippen molar-refractivity contribution >= 4 is 41.8 Å². The van der Waals surface area contributed by atoms with E-state index in [4.69, 9.17) is 34.6 Å². The van der Waals surface area contributed by atoms with E-state index < -0.39 is 30.0 Å². The van der Waals surface area contributed by atoms with Crippen LogP contribution in [0.25, 0.3) is 0 Å². The van der Waals surface area contributed by atoms with E-state index in [1.165, 1.54) is 437 Å². The van der Waals surface area contributed by atoms with Gasteiger partial charge in [0.1, 0.15) is 13.2 Å². The second-order valence-electron chi connectivity index (χ2n) is 41.1. The van der Waals surface area contributed by atoms with Crippen LogP contribution in [0, 0.1) is 0 Å². The van der Waals surface area contributed by atoms with E-state index in [0.717, 1.165) is 161 Å². The minimum absolute atomic E-state index is 0.0797. The number of carboxylic acids is 4. The van der Waals surface area contributed by atoms with Crippen LogP contribution in [-0.2, 0) is 47.8 Å². The van der Waals surface area contributed by atoms with Crippen LogP contribution in [0.3, 0.4) is 0 Å². The molecule has 0 radical (unpaired) electrons. The molecule has 822 valence electrons. The molecule has 0 aliphatic rings. The van der Waals surface area contributed by atoms with Crippen LogP contribution in [0.15, 0.2) is 48.6 Å². The number of hydrogen-bond acceptors (Lipinski definition) is 10. The van der Waals surface area contributed by atoms with Gasteiger partial charge in [0.2, 0.25) is 0 Å². The molecule has 0 aromatic carbocycles. The molecular weight excluding hydrogens is 1730 g/mol. The Kier molecular flexibility index (Phi) is 137. The van der Waals surface area contributed by atoms with Crippen molar-refractivity contribution in [2.75, 3.05) is 13.2 Å². The van der Waals surface area contributed by atoms with Crippen molar-refractivity contribution in [2.45, 2.75) is 697 Å². The summed E-state index contributed by atoms with van der Waals surface area (Å²) in [4.78, 5) is 79.3. The standard InChI is InChI=1S/C55H98O6.3C18H36O2.C16H32O2/c1-4-7-10-13-16-19-22-25-27-30-33-36-39-42-45-48-54(57)60-51-52(50-59-53(56)47-44-41-38-35-32-29-24-21-18-15-12-9-6-3)61-55(58)49-46-43-40-37-34-31-28-26-23-20-17-14-11-8-5-2;3*1-2-3-4-5-6-7-8-9-10-11-12-13-14-15-16-17-18(19)20;1-2-3-4-5-6-7-8-9-10-11-12-13-14-15-16(17)18/h7,10,16,19,25-28,52H,4-6,8-9,11-15,17-18,20-24,29-51H2,1-3H3;3*2-17H2,1H3,(H,19,20);2-15H2,1H3,(H,17,18)/b10-7-,19-16-,27-25-,28-26-;;;;. The second-order valence-corrected chi connectivity index (χ2v) is 41.1.